The zero-order valence-electron chi connectivity index (χ0n) is 26.8. The Balaban J connectivity index is 1.17. The van der Waals surface area contributed by atoms with E-state index >= 15 is 0 Å². The van der Waals surface area contributed by atoms with Crippen LogP contribution in [-0.2, 0) is 0 Å². The number of aromatic nitrogens is 4. The van der Waals surface area contributed by atoms with Gasteiger partial charge in [-0.3, -0.25) is 0 Å². The van der Waals surface area contributed by atoms with E-state index in [-0.39, 0.29) is 11.8 Å². The van der Waals surface area contributed by atoms with Crippen LogP contribution in [0.4, 0.5) is 0 Å². The molecule has 5 heteroatoms. The van der Waals surface area contributed by atoms with Crippen LogP contribution in [0.25, 0.3) is 83.0 Å². The third-order valence-corrected chi connectivity index (χ3v) is 9.92. The van der Waals surface area contributed by atoms with Crippen molar-refractivity contribution in [1.29, 1.82) is 0 Å². The van der Waals surface area contributed by atoms with Gasteiger partial charge in [0.1, 0.15) is 17.0 Å². The van der Waals surface area contributed by atoms with Gasteiger partial charge in [-0.15, -0.1) is 0 Å². The minimum atomic E-state index is 0.0356. The predicted molar refractivity (Wildman–Crippen MR) is 200 cm³/mol. The standard InChI is InChI=1S/C44H30N4O/c1-27-11-2-4-15-32(27)44-46-42(29-13-10-14-31(25-29)48-37-19-8-6-17-34(37)35-18-7-9-20-38(35)48)45-43(47-44)30-22-23-39-36(26-30)41-33-16-5-3-12-28(33)21-24-40(41)49-39/h2-27,32H,1H3. The highest BCUT2D eigenvalue weighted by atomic mass is 16.3. The van der Waals surface area contributed by atoms with Crippen LogP contribution in [0.3, 0.4) is 0 Å². The average Bonchev–Trinajstić information content (AvgIpc) is 3.71. The van der Waals surface area contributed by atoms with Gasteiger partial charge in [-0.2, -0.15) is 0 Å². The molecule has 5 nitrogen and oxygen atoms in total. The van der Waals surface area contributed by atoms with Crippen molar-refractivity contribution in [1.82, 2.24) is 19.5 Å². The van der Waals surface area contributed by atoms with Crippen molar-refractivity contribution in [3.63, 3.8) is 0 Å². The molecule has 2 atom stereocenters. The summed E-state index contributed by atoms with van der Waals surface area (Å²) in [6, 6.07) is 44.6. The summed E-state index contributed by atoms with van der Waals surface area (Å²) in [5.41, 5.74) is 6.97. The van der Waals surface area contributed by atoms with Crippen LogP contribution in [0, 0.1) is 5.92 Å². The SMILES string of the molecule is CC1C=CC=CC1c1nc(-c2cccc(-n3c4ccccc4c4ccccc43)c2)nc(-c2ccc3oc4ccc5ccccc5c4c3c2)n1. The second-order valence-corrected chi connectivity index (χ2v) is 12.9. The van der Waals surface area contributed by atoms with Gasteiger partial charge < -0.3 is 8.98 Å². The lowest BCUT2D eigenvalue weighted by Crippen LogP contribution is -2.13. The van der Waals surface area contributed by atoms with E-state index in [2.05, 4.69) is 157 Å². The maximum Gasteiger partial charge on any atom is 0.163 e. The van der Waals surface area contributed by atoms with E-state index in [1.807, 2.05) is 6.07 Å². The molecule has 3 aromatic heterocycles. The van der Waals surface area contributed by atoms with Crippen LogP contribution in [-0.4, -0.2) is 19.5 Å². The number of allylic oxidation sites excluding steroid dienone is 4. The fourth-order valence-corrected chi connectivity index (χ4v) is 7.51. The fourth-order valence-electron chi connectivity index (χ4n) is 7.51. The number of para-hydroxylation sites is 2. The Bertz CT molecular complexity index is 2770. The summed E-state index contributed by atoms with van der Waals surface area (Å²) in [6.07, 6.45) is 8.60. The Morgan fingerprint density at radius 3 is 2.00 bits per heavy atom. The summed E-state index contributed by atoms with van der Waals surface area (Å²) >= 11 is 0. The molecule has 0 radical (unpaired) electrons. The predicted octanol–water partition coefficient (Wildman–Crippen LogP) is 11.2. The molecule has 0 saturated heterocycles. The number of furan rings is 1. The summed E-state index contributed by atoms with van der Waals surface area (Å²) in [5.74, 6) is 2.35. The molecule has 0 saturated carbocycles. The van der Waals surface area contributed by atoms with E-state index in [4.69, 9.17) is 19.4 Å². The van der Waals surface area contributed by atoms with E-state index in [1.54, 1.807) is 0 Å². The van der Waals surface area contributed by atoms with Gasteiger partial charge in [0.05, 0.1) is 11.0 Å². The first kappa shape index (κ1) is 27.8. The maximum atomic E-state index is 6.31. The van der Waals surface area contributed by atoms with Gasteiger partial charge in [-0.1, -0.05) is 110 Å². The first-order valence-corrected chi connectivity index (χ1v) is 16.7. The first-order valence-electron chi connectivity index (χ1n) is 16.7. The molecular weight excluding hydrogens is 601 g/mol. The van der Waals surface area contributed by atoms with Gasteiger partial charge >= 0.3 is 0 Å². The largest absolute Gasteiger partial charge is 0.456 e. The van der Waals surface area contributed by atoms with Gasteiger partial charge in [0.2, 0.25) is 0 Å². The summed E-state index contributed by atoms with van der Waals surface area (Å²) in [7, 11) is 0. The lowest BCUT2D eigenvalue weighted by atomic mass is 9.89. The fraction of sp³-hybridized carbons (Fsp3) is 0.0682. The number of benzene rings is 6. The van der Waals surface area contributed by atoms with Crippen molar-refractivity contribution in [2.45, 2.75) is 12.8 Å². The van der Waals surface area contributed by atoms with Gasteiger partial charge in [-0.05, 0) is 65.2 Å². The zero-order valence-corrected chi connectivity index (χ0v) is 26.8. The average molecular weight is 631 g/mol. The lowest BCUT2D eigenvalue weighted by molar-refractivity contribution is 0.600. The smallest absolute Gasteiger partial charge is 0.163 e. The molecule has 0 bridgehead atoms. The molecule has 0 aliphatic heterocycles. The molecule has 10 rings (SSSR count). The molecular formula is C44H30N4O. The Hall–Kier alpha value is -6.33. The Morgan fingerprint density at radius 2 is 1.22 bits per heavy atom. The van der Waals surface area contributed by atoms with Gasteiger partial charge in [0.15, 0.2) is 11.6 Å². The molecule has 6 aromatic carbocycles. The molecule has 1 aliphatic carbocycles. The molecule has 2 unspecified atom stereocenters. The third-order valence-electron chi connectivity index (χ3n) is 9.92. The van der Waals surface area contributed by atoms with Crippen LogP contribution < -0.4 is 0 Å². The van der Waals surface area contributed by atoms with Gasteiger partial charge in [-0.25, -0.2) is 15.0 Å². The molecule has 3 heterocycles. The minimum Gasteiger partial charge on any atom is -0.456 e. The number of fused-ring (bicyclic) bond motifs is 8. The van der Waals surface area contributed by atoms with Crippen LogP contribution in [0.1, 0.15) is 18.7 Å². The van der Waals surface area contributed by atoms with Crippen molar-refractivity contribution in [2.75, 3.05) is 0 Å². The monoisotopic (exact) mass is 630 g/mol. The molecule has 49 heavy (non-hydrogen) atoms. The van der Waals surface area contributed by atoms with Gasteiger partial charge in [0.25, 0.3) is 0 Å². The summed E-state index contributed by atoms with van der Waals surface area (Å²) in [5, 5.41) is 6.97. The third kappa shape index (κ3) is 4.43. The van der Waals surface area contributed by atoms with E-state index < -0.39 is 0 Å². The number of hydrogen-bond donors (Lipinski definition) is 0. The van der Waals surface area contributed by atoms with Crippen LogP contribution in [0.2, 0.25) is 0 Å². The zero-order chi connectivity index (χ0) is 32.5. The highest BCUT2D eigenvalue weighted by Gasteiger charge is 2.23. The molecule has 232 valence electrons. The topological polar surface area (TPSA) is 56.7 Å². The van der Waals surface area contributed by atoms with Crippen LogP contribution in [0.5, 0.6) is 0 Å². The minimum absolute atomic E-state index is 0.0356. The number of rotatable bonds is 4. The second kappa shape index (κ2) is 10.9. The number of hydrogen-bond acceptors (Lipinski definition) is 4. The summed E-state index contributed by atoms with van der Waals surface area (Å²) in [4.78, 5) is 15.5. The summed E-state index contributed by atoms with van der Waals surface area (Å²) < 4.78 is 8.64. The maximum absolute atomic E-state index is 6.31. The normalized spacial score (nSPS) is 16.1. The van der Waals surface area contributed by atoms with E-state index in [0.29, 0.717) is 11.6 Å². The molecule has 1 aliphatic rings. The van der Waals surface area contributed by atoms with E-state index in [1.165, 1.54) is 32.6 Å². The van der Waals surface area contributed by atoms with Crippen LogP contribution >= 0.6 is 0 Å². The van der Waals surface area contributed by atoms with Crippen molar-refractivity contribution >= 4 is 54.5 Å². The van der Waals surface area contributed by atoms with Crippen molar-refractivity contribution in [3.8, 4) is 28.5 Å². The highest BCUT2D eigenvalue weighted by Crippen LogP contribution is 2.38. The number of nitrogens with zero attached hydrogens (tertiary/aromatic N) is 4. The Labute approximate surface area is 282 Å². The van der Waals surface area contributed by atoms with E-state index in [0.717, 1.165) is 44.6 Å². The second-order valence-electron chi connectivity index (χ2n) is 12.9. The molecule has 0 amide bonds. The van der Waals surface area contributed by atoms with Crippen LogP contribution in [0.15, 0.2) is 156 Å². The van der Waals surface area contributed by atoms with Crippen molar-refractivity contribution < 1.29 is 4.42 Å². The lowest BCUT2D eigenvalue weighted by Gasteiger charge is -2.20. The molecule has 0 N–H and O–H groups in total. The van der Waals surface area contributed by atoms with Crippen molar-refractivity contribution in [3.05, 3.63) is 158 Å². The molecule has 0 spiro atoms. The van der Waals surface area contributed by atoms with Crippen molar-refractivity contribution in [2.24, 2.45) is 5.92 Å². The molecule has 0 fully saturated rings. The molecule has 9 aromatic rings. The highest BCUT2D eigenvalue weighted by molar-refractivity contribution is 6.19. The van der Waals surface area contributed by atoms with Gasteiger partial charge in [0, 0.05) is 44.3 Å². The Morgan fingerprint density at radius 1 is 0.551 bits per heavy atom. The van der Waals surface area contributed by atoms with E-state index in [9.17, 15) is 0 Å². The summed E-state index contributed by atoms with van der Waals surface area (Å²) in [6.45, 7) is 2.21. The first-order chi connectivity index (χ1) is 24.2. The quantitative estimate of drug-likeness (QED) is 0.194. The Kier molecular flexibility index (Phi) is 6.15.